The summed E-state index contributed by atoms with van der Waals surface area (Å²) in [6.45, 7) is 7.65. The Morgan fingerprint density at radius 2 is 1.77 bits per heavy atom. The van der Waals surface area contributed by atoms with Gasteiger partial charge >= 0.3 is 41.2 Å². The Bertz CT molecular complexity index is 878. The number of nitrogens with one attached hydrogen (secondary N) is 1. The summed E-state index contributed by atoms with van der Waals surface area (Å²) in [5.41, 5.74) is 2.78. The molecule has 2 aromatic carbocycles. The standard InChI is InChI=1S/C21H23ClN2O2.C2H5.2CH3.Sb/c1-15-2-5-17(6-3-15)26-13-12-24-10-8-21(9-11-24)18-14-16(22)4-7-19(18)23-20(21)25;1-2;;;/h2-7,14H,8-13H2,1H3,(H,23,25);1H2,2H3;2*1H3;. The molecule has 0 atom stereocenters. The van der Waals surface area contributed by atoms with Gasteiger partial charge in [-0.1, -0.05) is 29.3 Å². The second-order valence-corrected chi connectivity index (χ2v) is 17.0. The first-order valence-corrected chi connectivity index (χ1v) is 18.3. The Hall–Kier alpha value is -1.22. The number of ether oxygens (including phenoxy) is 1. The fourth-order valence-corrected chi connectivity index (χ4v) is 4.14. The van der Waals surface area contributed by atoms with E-state index < -0.39 is 25.6 Å². The number of hydrogen-bond acceptors (Lipinski definition) is 3. The molecular formula is C25H34ClN2O2Sb. The van der Waals surface area contributed by atoms with Crippen LogP contribution in [0.4, 0.5) is 5.69 Å². The first-order valence-electron chi connectivity index (χ1n) is 11.0. The Morgan fingerprint density at radius 1 is 1.13 bits per heavy atom. The normalized spacial score (nSPS) is 17.2. The van der Waals surface area contributed by atoms with Crippen molar-refractivity contribution in [2.45, 2.75) is 46.2 Å². The van der Waals surface area contributed by atoms with Gasteiger partial charge in [0.1, 0.15) is 12.4 Å². The average Bonchev–Trinajstić information content (AvgIpc) is 3.02. The van der Waals surface area contributed by atoms with Gasteiger partial charge in [-0.2, -0.15) is 0 Å². The van der Waals surface area contributed by atoms with Gasteiger partial charge in [0.05, 0.1) is 5.41 Å². The number of amides is 1. The Labute approximate surface area is 199 Å². The number of piperidine rings is 1. The van der Waals surface area contributed by atoms with Gasteiger partial charge in [-0.05, 0) is 68.8 Å². The van der Waals surface area contributed by atoms with Crippen LogP contribution >= 0.6 is 11.6 Å². The first kappa shape index (κ1) is 24.4. The summed E-state index contributed by atoms with van der Waals surface area (Å²) in [6.07, 6.45) is 1.63. The van der Waals surface area contributed by atoms with E-state index in [-0.39, 0.29) is 5.91 Å². The molecule has 4 nitrogen and oxygen atoms in total. The fraction of sp³-hybridized carbons (Fsp3) is 0.480. The molecule has 6 heteroatoms. The van der Waals surface area contributed by atoms with Crippen molar-refractivity contribution in [3.63, 3.8) is 0 Å². The van der Waals surface area contributed by atoms with Crippen LogP contribution in [0.3, 0.4) is 0 Å². The van der Waals surface area contributed by atoms with Crippen molar-refractivity contribution in [2.75, 3.05) is 31.6 Å². The van der Waals surface area contributed by atoms with E-state index >= 15 is 0 Å². The molecule has 0 saturated carbocycles. The minimum absolute atomic E-state index is 0.116. The van der Waals surface area contributed by atoms with E-state index in [1.54, 1.807) is 0 Å². The first-order chi connectivity index (χ1) is 14.8. The Kier molecular flexibility index (Phi) is 8.72. The zero-order valence-corrected chi connectivity index (χ0v) is 22.4. The third kappa shape index (κ3) is 6.18. The predicted octanol–water partition coefficient (Wildman–Crippen LogP) is 5.77. The number of nitrogens with zero attached hydrogens (tertiary/aromatic N) is 1. The second-order valence-electron chi connectivity index (χ2n) is 8.63. The van der Waals surface area contributed by atoms with Gasteiger partial charge in [-0.3, -0.25) is 9.69 Å². The summed E-state index contributed by atoms with van der Waals surface area (Å²) < 4.78 is 7.32. The van der Waals surface area contributed by atoms with Crippen LogP contribution < -0.4 is 10.1 Å². The maximum Gasteiger partial charge on any atom is 0.235 e. The molecule has 1 N–H and O–H groups in total. The Balaban J connectivity index is 0.000000491. The molecule has 31 heavy (non-hydrogen) atoms. The zero-order valence-electron chi connectivity index (χ0n) is 19.1. The number of rotatable bonds is 5. The SMILES string of the molecule is C[CH2][Sb]([CH3])[CH3].Cc1ccc(OCCN2CCC3(CC2)C(=O)Nc2ccc(Cl)cc23)cc1. The van der Waals surface area contributed by atoms with Crippen LogP contribution in [0.5, 0.6) is 5.75 Å². The molecule has 1 spiro atoms. The summed E-state index contributed by atoms with van der Waals surface area (Å²) in [4.78, 5) is 19.8. The monoisotopic (exact) mass is 550 g/mol. The number of carbonyl (C=O) groups is 1. The topological polar surface area (TPSA) is 41.6 Å². The van der Waals surface area contributed by atoms with Gasteiger partial charge in [0.2, 0.25) is 5.91 Å². The number of likely N-dealkylation sites (tertiary alicyclic amines) is 1. The van der Waals surface area contributed by atoms with E-state index in [1.807, 2.05) is 30.3 Å². The molecule has 0 aromatic heterocycles. The van der Waals surface area contributed by atoms with Gasteiger partial charge in [-0.15, -0.1) is 0 Å². The van der Waals surface area contributed by atoms with E-state index in [1.165, 1.54) is 9.93 Å². The Morgan fingerprint density at radius 3 is 2.39 bits per heavy atom. The number of hydrogen-bond donors (Lipinski definition) is 1. The number of aryl methyl sites for hydroxylation is 1. The number of anilines is 1. The molecule has 1 saturated heterocycles. The molecule has 0 unspecified atom stereocenters. The number of halogens is 1. The molecule has 0 bridgehead atoms. The maximum atomic E-state index is 12.7. The molecule has 0 radical (unpaired) electrons. The van der Waals surface area contributed by atoms with Crippen molar-refractivity contribution in [1.82, 2.24) is 4.90 Å². The molecule has 0 aliphatic carbocycles. The van der Waals surface area contributed by atoms with Crippen molar-refractivity contribution in [3.8, 4) is 5.75 Å². The number of benzene rings is 2. The summed E-state index contributed by atoms with van der Waals surface area (Å²) in [6, 6.07) is 13.8. The van der Waals surface area contributed by atoms with Gasteiger partial charge in [0.15, 0.2) is 0 Å². The molecule has 168 valence electrons. The molecular weight excluding hydrogens is 518 g/mol. The van der Waals surface area contributed by atoms with E-state index in [2.05, 4.69) is 45.9 Å². The van der Waals surface area contributed by atoms with E-state index in [0.717, 1.165) is 49.5 Å². The molecule has 2 aliphatic rings. The van der Waals surface area contributed by atoms with Crippen LogP contribution in [-0.2, 0) is 10.2 Å². The smallest absolute Gasteiger partial charge is 0.235 e. The second kappa shape index (κ2) is 11.1. The van der Waals surface area contributed by atoms with Crippen molar-refractivity contribution in [1.29, 1.82) is 0 Å². The van der Waals surface area contributed by atoms with E-state index in [4.69, 9.17) is 16.3 Å². The molecule has 2 aromatic rings. The van der Waals surface area contributed by atoms with Gasteiger partial charge in [0, 0.05) is 17.3 Å². The average molecular weight is 552 g/mol. The van der Waals surface area contributed by atoms with Gasteiger partial charge in [-0.25, -0.2) is 0 Å². The van der Waals surface area contributed by atoms with E-state index in [9.17, 15) is 4.79 Å². The number of carbonyl (C=O) groups excluding carboxylic acids is 1. The third-order valence-corrected chi connectivity index (χ3v) is 10.1. The zero-order chi connectivity index (χ0) is 22.4. The maximum absolute atomic E-state index is 12.7. The molecule has 4 rings (SSSR count). The fourth-order valence-electron chi connectivity index (χ4n) is 3.97. The minimum Gasteiger partial charge on any atom is -0.492 e. The van der Waals surface area contributed by atoms with Gasteiger partial charge < -0.3 is 10.1 Å². The van der Waals surface area contributed by atoms with Crippen LogP contribution in [0, 0.1) is 6.92 Å². The minimum atomic E-state index is -0.481. The quantitative estimate of drug-likeness (QED) is 0.480. The summed E-state index contributed by atoms with van der Waals surface area (Å²) in [7, 11) is 0. The van der Waals surface area contributed by atoms with Crippen LogP contribution in [0.2, 0.25) is 19.1 Å². The van der Waals surface area contributed by atoms with Crippen LogP contribution in [-0.4, -0.2) is 57.3 Å². The van der Waals surface area contributed by atoms with Crippen LogP contribution in [0.1, 0.15) is 30.9 Å². The number of fused-ring (bicyclic) bond motifs is 2. The summed E-state index contributed by atoms with van der Waals surface area (Å²) in [5, 5.41) is 3.72. The summed E-state index contributed by atoms with van der Waals surface area (Å²) in [5.74, 6) is 1.02. The van der Waals surface area contributed by atoms with Crippen LogP contribution in [0.25, 0.3) is 0 Å². The largest absolute Gasteiger partial charge is 0.492 e. The van der Waals surface area contributed by atoms with Crippen molar-refractivity contribution >= 4 is 43.4 Å². The third-order valence-electron chi connectivity index (χ3n) is 6.22. The van der Waals surface area contributed by atoms with Crippen molar-refractivity contribution in [3.05, 3.63) is 58.6 Å². The van der Waals surface area contributed by atoms with Crippen molar-refractivity contribution < 1.29 is 9.53 Å². The summed E-state index contributed by atoms with van der Waals surface area (Å²) >= 11 is 5.69. The molecule has 2 aliphatic heterocycles. The predicted molar refractivity (Wildman–Crippen MR) is 132 cm³/mol. The van der Waals surface area contributed by atoms with E-state index in [0.29, 0.717) is 11.6 Å². The molecule has 1 amide bonds. The molecule has 2 heterocycles. The van der Waals surface area contributed by atoms with Gasteiger partial charge in [0.25, 0.3) is 0 Å². The molecule has 1 fully saturated rings. The van der Waals surface area contributed by atoms with Crippen LogP contribution in [0.15, 0.2) is 42.5 Å². The van der Waals surface area contributed by atoms with Crippen molar-refractivity contribution in [2.24, 2.45) is 0 Å².